The fraction of sp³-hybridized carbons (Fsp3) is 0.579. The first kappa shape index (κ1) is 20.0. The van der Waals surface area contributed by atoms with Gasteiger partial charge in [-0.25, -0.2) is 4.79 Å². The van der Waals surface area contributed by atoms with Crippen LogP contribution in [-0.2, 0) is 20.9 Å². The van der Waals surface area contributed by atoms with Crippen molar-refractivity contribution in [3.63, 3.8) is 0 Å². The van der Waals surface area contributed by atoms with Crippen LogP contribution < -0.4 is 5.32 Å². The maximum absolute atomic E-state index is 12.0. The molecule has 0 spiro atoms. The maximum Gasteiger partial charge on any atom is 0.407 e. The molecule has 0 saturated heterocycles. The summed E-state index contributed by atoms with van der Waals surface area (Å²) in [6.07, 6.45) is 0.889. The van der Waals surface area contributed by atoms with Crippen LogP contribution in [0, 0.1) is 5.92 Å². The Kier molecular flexibility index (Phi) is 7.75. The van der Waals surface area contributed by atoms with Gasteiger partial charge in [-0.1, -0.05) is 37.3 Å². The van der Waals surface area contributed by atoms with Gasteiger partial charge in [-0.05, 0) is 46.1 Å². The van der Waals surface area contributed by atoms with Gasteiger partial charge in [0.2, 0.25) is 0 Å². The molecule has 0 radical (unpaired) electrons. The van der Waals surface area contributed by atoms with Crippen LogP contribution in [0.25, 0.3) is 0 Å². The Hall–Kier alpha value is -2.04. The van der Waals surface area contributed by atoms with E-state index in [4.69, 9.17) is 9.47 Å². The van der Waals surface area contributed by atoms with E-state index in [1.54, 1.807) is 0 Å². The molecule has 1 N–H and O–H groups in total. The largest absolute Gasteiger partial charge is 0.461 e. The molecule has 1 unspecified atom stereocenters. The van der Waals surface area contributed by atoms with Gasteiger partial charge in [0.15, 0.2) is 0 Å². The predicted octanol–water partition coefficient (Wildman–Crippen LogP) is 4.06. The Balaban J connectivity index is 2.27. The Labute approximate surface area is 144 Å². The van der Waals surface area contributed by atoms with Crippen molar-refractivity contribution in [2.45, 2.75) is 65.7 Å². The summed E-state index contributed by atoms with van der Waals surface area (Å²) in [4.78, 5) is 23.7. The average Bonchev–Trinajstić information content (AvgIpc) is 2.49. The zero-order valence-electron chi connectivity index (χ0n) is 15.3. The van der Waals surface area contributed by atoms with Crippen molar-refractivity contribution in [1.29, 1.82) is 0 Å². The summed E-state index contributed by atoms with van der Waals surface area (Å²) in [6.45, 7) is 9.49. The third-order valence-corrected chi connectivity index (χ3v) is 3.42. The number of alkyl carbamates (subject to hydrolysis) is 1. The van der Waals surface area contributed by atoms with Crippen molar-refractivity contribution in [3.8, 4) is 0 Å². The minimum atomic E-state index is -0.516. The average molecular weight is 335 g/mol. The van der Waals surface area contributed by atoms with E-state index in [9.17, 15) is 9.59 Å². The van der Waals surface area contributed by atoms with Gasteiger partial charge < -0.3 is 14.8 Å². The van der Waals surface area contributed by atoms with Crippen LogP contribution in [0.3, 0.4) is 0 Å². The predicted molar refractivity (Wildman–Crippen MR) is 93.5 cm³/mol. The lowest BCUT2D eigenvalue weighted by Crippen LogP contribution is -2.38. The number of nitrogens with one attached hydrogen (secondary N) is 1. The molecule has 5 nitrogen and oxygen atoms in total. The highest BCUT2D eigenvalue weighted by Crippen LogP contribution is 2.13. The molecule has 1 aromatic carbocycles. The molecule has 1 rings (SSSR count). The first-order valence-corrected chi connectivity index (χ1v) is 8.37. The lowest BCUT2D eigenvalue weighted by molar-refractivity contribution is -0.149. The second kappa shape index (κ2) is 9.30. The number of ether oxygens (including phenoxy) is 2. The summed E-state index contributed by atoms with van der Waals surface area (Å²) >= 11 is 0. The number of carbonyl (C=O) groups excluding carboxylic acids is 2. The van der Waals surface area contributed by atoms with Gasteiger partial charge in [0.1, 0.15) is 12.2 Å². The summed E-state index contributed by atoms with van der Waals surface area (Å²) in [7, 11) is 0. The molecule has 134 valence electrons. The summed E-state index contributed by atoms with van der Waals surface area (Å²) in [5, 5.41) is 2.78. The molecule has 1 amide bonds. The Morgan fingerprint density at radius 3 is 2.29 bits per heavy atom. The molecule has 24 heavy (non-hydrogen) atoms. The van der Waals surface area contributed by atoms with Gasteiger partial charge in [-0.15, -0.1) is 0 Å². The molecule has 2 atom stereocenters. The molecule has 0 saturated carbocycles. The molecular formula is C19H29NO4. The first-order valence-electron chi connectivity index (χ1n) is 8.37. The molecule has 1 aromatic rings. The van der Waals surface area contributed by atoms with Gasteiger partial charge in [0.05, 0.1) is 5.92 Å². The maximum atomic E-state index is 12.0. The van der Waals surface area contributed by atoms with Crippen LogP contribution in [-0.4, -0.2) is 23.7 Å². The molecule has 0 aromatic heterocycles. The van der Waals surface area contributed by atoms with Crippen molar-refractivity contribution in [2.24, 2.45) is 5.92 Å². The van der Waals surface area contributed by atoms with Crippen LogP contribution in [0.4, 0.5) is 4.79 Å². The standard InChI is InChI=1S/C19H29NO4/c1-14(17(21)23-13-16-9-7-6-8-10-16)11-12-15(2)20-18(22)24-19(3,4)5/h6-10,14-15H,11-13H2,1-5H3,(H,20,22)/t14?,15-/m0/s1. The minimum Gasteiger partial charge on any atom is -0.461 e. The third-order valence-electron chi connectivity index (χ3n) is 3.42. The van der Waals surface area contributed by atoms with Gasteiger partial charge >= 0.3 is 12.1 Å². The molecule has 0 aliphatic carbocycles. The van der Waals surface area contributed by atoms with E-state index in [0.717, 1.165) is 5.56 Å². The number of hydrogen-bond acceptors (Lipinski definition) is 4. The minimum absolute atomic E-state index is 0.0655. The lowest BCUT2D eigenvalue weighted by Gasteiger charge is -2.22. The molecular weight excluding hydrogens is 306 g/mol. The Morgan fingerprint density at radius 1 is 1.08 bits per heavy atom. The number of carbonyl (C=O) groups is 2. The fourth-order valence-corrected chi connectivity index (χ4v) is 2.07. The zero-order chi connectivity index (χ0) is 18.2. The molecule has 0 bridgehead atoms. The second-order valence-electron chi connectivity index (χ2n) is 7.12. The first-order chi connectivity index (χ1) is 11.2. The van der Waals surface area contributed by atoms with Gasteiger partial charge in [-0.2, -0.15) is 0 Å². The topological polar surface area (TPSA) is 64.6 Å². The number of benzene rings is 1. The monoisotopic (exact) mass is 335 g/mol. The van der Waals surface area contributed by atoms with E-state index in [2.05, 4.69) is 5.32 Å². The fourth-order valence-electron chi connectivity index (χ4n) is 2.07. The van der Waals surface area contributed by atoms with Crippen LogP contribution in [0.15, 0.2) is 30.3 Å². The highest BCUT2D eigenvalue weighted by Gasteiger charge is 2.19. The smallest absolute Gasteiger partial charge is 0.407 e. The van der Waals surface area contributed by atoms with Crippen LogP contribution >= 0.6 is 0 Å². The van der Waals surface area contributed by atoms with Gasteiger partial charge in [0.25, 0.3) is 0 Å². The summed E-state index contributed by atoms with van der Waals surface area (Å²) in [5.41, 5.74) is 0.455. The van der Waals surface area contributed by atoms with Crippen molar-refractivity contribution < 1.29 is 19.1 Å². The zero-order valence-corrected chi connectivity index (χ0v) is 15.3. The lowest BCUT2D eigenvalue weighted by atomic mass is 10.0. The van der Waals surface area contributed by atoms with E-state index >= 15 is 0 Å². The van der Waals surface area contributed by atoms with E-state index in [1.807, 2.05) is 65.0 Å². The molecule has 5 heteroatoms. The Morgan fingerprint density at radius 2 is 1.71 bits per heavy atom. The van der Waals surface area contributed by atoms with E-state index < -0.39 is 11.7 Å². The summed E-state index contributed by atoms with van der Waals surface area (Å²) < 4.78 is 10.5. The summed E-state index contributed by atoms with van der Waals surface area (Å²) in [6, 6.07) is 9.53. The molecule has 0 aliphatic heterocycles. The van der Waals surface area contributed by atoms with Crippen molar-refractivity contribution in [2.75, 3.05) is 0 Å². The van der Waals surface area contributed by atoms with E-state index in [1.165, 1.54) is 0 Å². The summed E-state index contributed by atoms with van der Waals surface area (Å²) in [5.74, 6) is -0.431. The highest BCUT2D eigenvalue weighted by molar-refractivity contribution is 5.72. The quantitative estimate of drug-likeness (QED) is 0.763. The second-order valence-corrected chi connectivity index (χ2v) is 7.12. The number of amides is 1. The van der Waals surface area contributed by atoms with Crippen molar-refractivity contribution in [3.05, 3.63) is 35.9 Å². The SMILES string of the molecule is CC(CC[C@H](C)NC(=O)OC(C)(C)C)C(=O)OCc1ccccc1. The van der Waals surface area contributed by atoms with E-state index in [0.29, 0.717) is 12.8 Å². The van der Waals surface area contributed by atoms with Crippen LogP contribution in [0.2, 0.25) is 0 Å². The number of esters is 1. The van der Waals surface area contributed by atoms with Gasteiger partial charge in [0, 0.05) is 6.04 Å². The van der Waals surface area contributed by atoms with Crippen molar-refractivity contribution >= 4 is 12.1 Å². The van der Waals surface area contributed by atoms with E-state index in [-0.39, 0.29) is 24.5 Å². The molecule has 0 heterocycles. The van der Waals surface area contributed by atoms with Crippen LogP contribution in [0.5, 0.6) is 0 Å². The normalized spacial score (nSPS) is 13.7. The highest BCUT2D eigenvalue weighted by atomic mass is 16.6. The number of hydrogen-bond donors (Lipinski definition) is 1. The molecule has 0 fully saturated rings. The third kappa shape index (κ3) is 8.56. The number of rotatable bonds is 7. The Bertz CT molecular complexity index is 522. The van der Waals surface area contributed by atoms with Crippen LogP contribution in [0.1, 0.15) is 53.0 Å². The molecule has 0 aliphatic rings. The van der Waals surface area contributed by atoms with Gasteiger partial charge in [-0.3, -0.25) is 4.79 Å². The van der Waals surface area contributed by atoms with Crippen molar-refractivity contribution in [1.82, 2.24) is 5.32 Å².